The van der Waals surface area contributed by atoms with Gasteiger partial charge in [-0.3, -0.25) is 9.59 Å². The lowest BCUT2D eigenvalue weighted by atomic mass is 10.1. The summed E-state index contributed by atoms with van der Waals surface area (Å²) in [5.74, 6) is -0.192. The zero-order chi connectivity index (χ0) is 9.84. The topological polar surface area (TPSA) is 34.1 Å². The van der Waals surface area contributed by atoms with Gasteiger partial charge in [0.25, 0.3) is 0 Å². The lowest BCUT2D eigenvalue weighted by molar-refractivity contribution is -0.116. The van der Waals surface area contributed by atoms with Gasteiger partial charge in [0, 0.05) is 9.13 Å². The maximum absolute atomic E-state index is 11.5. The van der Waals surface area contributed by atoms with Crippen molar-refractivity contribution in [3.63, 3.8) is 0 Å². The SMILES string of the molecule is CC(=O)CC(=O)c1ccccc1I. The normalized spacial score (nSPS) is 9.69. The molecule has 0 amide bonds. The van der Waals surface area contributed by atoms with E-state index in [1.807, 2.05) is 12.1 Å². The van der Waals surface area contributed by atoms with E-state index < -0.39 is 0 Å². The molecule has 0 aromatic heterocycles. The van der Waals surface area contributed by atoms with Crippen LogP contribution in [-0.2, 0) is 4.79 Å². The predicted octanol–water partition coefficient (Wildman–Crippen LogP) is 2.45. The van der Waals surface area contributed by atoms with E-state index in [0.29, 0.717) is 5.56 Å². The van der Waals surface area contributed by atoms with E-state index in [0.717, 1.165) is 3.57 Å². The fourth-order valence-electron chi connectivity index (χ4n) is 1.01. The van der Waals surface area contributed by atoms with Gasteiger partial charge in [0.05, 0.1) is 6.42 Å². The first-order valence-corrected chi connectivity index (χ1v) is 4.96. The summed E-state index contributed by atoms with van der Waals surface area (Å²) in [6.45, 7) is 1.42. The third-order valence-electron chi connectivity index (χ3n) is 1.58. The first-order chi connectivity index (χ1) is 6.11. The van der Waals surface area contributed by atoms with Gasteiger partial charge < -0.3 is 0 Å². The molecular formula is C10H9IO2. The zero-order valence-corrected chi connectivity index (χ0v) is 9.37. The van der Waals surface area contributed by atoms with E-state index >= 15 is 0 Å². The van der Waals surface area contributed by atoms with Gasteiger partial charge in [-0.2, -0.15) is 0 Å². The summed E-state index contributed by atoms with van der Waals surface area (Å²) in [4.78, 5) is 22.2. The van der Waals surface area contributed by atoms with Crippen LogP contribution in [0.2, 0.25) is 0 Å². The maximum atomic E-state index is 11.5. The minimum Gasteiger partial charge on any atom is -0.300 e. The van der Waals surface area contributed by atoms with Crippen LogP contribution in [0.25, 0.3) is 0 Å². The van der Waals surface area contributed by atoms with E-state index in [1.165, 1.54) is 6.92 Å². The minimum absolute atomic E-state index is 0.0000148. The van der Waals surface area contributed by atoms with E-state index in [4.69, 9.17) is 0 Å². The molecule has 1 aromatic carbocycles. The van der Waals surface area contributed by atoms with Crippen LogP contribution in [0.4, 0.5) is 0 Å². The second kappa shape index (κ2) is 4.50. The Morgan fingerprint density at radius 2 is 1.92 bits per heavy atom. The second-order valence-electron chi connectivity index (χ2n) is 2.78. The van der Waals surface area contributed by atoms with E-state index in [1.54, 1.807) is 12.1 Å². The number of carbonyl (C=O) groups excluding carboxylic acids is 2. The van der Waals surface area contributed by atoms with Crippen molar-refractivity contribution in [1.82, 2.24) is 0 Å². The third kappa shape index (κ3) is 2.91. The number of carbonyl (C=O) groups is 2. The number of hydrogen-bond acceptors (Lipinski definition) is 2. The van der Waals surface area contributed by atoms with Crippen molar-refractivity contribution in [2.45, 2.75) is 13.3 Å². The summed E-state index contributed by atoms with van der Waals surface area (Å²) in [6, 6.07) is 7.27. The van der Waals surface area contributed by atoms with Crippen LogP contribution in [0.3, 0.4) is 0 Å². The summed E-state index contributed by atoms with van der Waals surface area (Å²) in [6.07, 6.45) is 0.0000148. The Hall–Kier alpha value is -0.710. The fourth-order valence-corrected chi connectivity index (χ4v) is 1.70. The van der Waals surface area contributed by atoms with Gasteiger partial charge in [-0.15, -0.1) is 0 Å². The van der Waals surface area contributed by atoms with Gasteiger partial charge in [0.1, 0.15) is 5.78 Å². The number of rotatable bonds is 3. The van der Waals surface area contributed by atoms with Crippen molar-refractivity contribution < 1.29 is 9.59 Å². The summed E-state index contributed by atoms with van der Waals surface area (Å²) in [5.41, 5.74) is 0.637. The van der Waals surface area contributed by atoms with Crippen molar-refractivity contribution in [2.24, 2.45) is 0 Å². The molecule has 0 unspecified atom stereocenters. The Bertz CT molecular complexity index is 345. The van der Waals surface area contributed by atoms with Crippen molar-refractivity contribution in [2.75, 3.05) is 0 Å². The summed E-state index contributed by atoms with van der Waals surface area (Å²) in [7, 11) is 0. The molecule has 0 fully saturated rings. The van der Waals surface area contributed by atoms with Crippen LogP contribution >= 0.6 is 22.6 Å². The highest BCUT2D eigenvalue weighted by Crippen LogP contribution is 2.13. The van der Waals surface area contributed by atoms with Gasteiger partial charge in [-0.25, -0.2) is 0 Å². The molecule has 0 saturated carbocycles. The van der Waals surface area contributed by atoms with E-state index in [-0.39, 0.29) is 18.0 Å². The van der Waals surface area contributed by atoms with Crippen molar-refractivity contribution >= 4 is 34.2 Å². The zero-order valence-electron chi connectivity index (χ0n) is 7.21. The standard InChI is InChI=1S/C10H9IO2/c1-7(12)6-10(13)8-4-2-3-5-9(8)11/h2-5H,6H2,1H3. The first-order valence-electron chi connectivity index (χ1n) is 3.88. The molecule has 0 aliphatic rings. The van der Waals surface area contributed by atoms with Gasteiger partial charge in [-0.05, 0) is 35.6 Å². The van der Waals surface area contributed by atoms with Crippen molar-refractivity contribution in [3.8, 4) is 0 Å². The molecule has 2 nitrogen and oxygen atoms in total. The Morgan fingerprint density at radius 1 is 1.31 bits per heavy atom. The summed E-state index contributed by atoms with van der Waals surface area (Å²) >= 11 is 2.09. The number of hydrogen-bond donors (Lipinski definition) is 0. The Kier molecular flexibility index (Phi) is 3.59. The molecule has 0 spiro atoms. The monoisotopic (exact) mass is 288 g/mol. The third-order valence-corrected chi connectivity index (χ3v) is 2.52. The number of ketones is 2. The Balaban J connectivity index is 2.89. The van der Waals surface area contributed by atoms with Crippen LogP contribution in [0.15, 0.2) is 24.3 Å². The van der Waals surface area contributed by atoms with E-state index in [9.17, 15) is 9.59 Å². The van der Waals surface area contributed by atoms with Crippen LogP contribution < -0.4 is 0 Å². The molecule has 3 heteroatoms. The predicted molar refractivity (Wildman–Crippen MR) is 58.8 cm³/mol. The molecular weight excluding hydrogens is 279 g/mol. The lowest BCUT2D eigenvalue weighted by Gasteiger charge is -2.00. The number of benzene rings is 1. The Labute approximate surface area is 90.5 Å². The second-order valence-corrected chi connectivity index (χ2v) is 3.94. The quantitative estimate of drug-likeness (QED) is 0.486. The van der Waals surface area contributed by atoms with Crippen molar-refractivity contribution in [1.29, 1.82) is 0 Å². The van der Waals surface area contributed by atoms with Crippen molar-refractivity contribution in [3.05, 3.63) is 33.4 Å². The van der Waals surface area contributed by atoms with Crippen LogP contribution in [0, 0.1) is 3.57 Å². The molecule has 0 aliphatic heterocycles. The molecule has 13 heavy (non-hydrogen) atoms. The van der Waals surface area contributed by atoms with Crippen LogP contribution in [0.5, 0.6) is 0 Å². The molecule has 0 N–H and O–H groups in total. The lowest BCUT2D eigenvalue weighted by Crippen LogP contribution is -2.06. The summed E-state index contributed by atoms with van der Waals surface area (Å²) < 4.78 is 0.895. The molecule has 0 heterocycles. The van der Waals surface area contributed by atoms with Gasteiger partial charge >= 0.3 is 0 Å². The average Bonchev–Trinajstić information content (AvgIpc) is 2.03. The molecule has 0 atom stereocenters. The van der Waals surface area contributed by atoms with E-state index in [2.05, 4.69) is 22.6 Å². The summed E-state index contributed by atoms with van der Waals surface area (Å²) in [5, 5.41) is 0. The fraction of sp³-hybridized carbons (Fsp3) is 0.200. The largest absolute Gasteiger partial charge is 0.300 e. The Morgan fingerprint density at radius 3 is 2.46 bits per heavy atom. The molecule has 1 rings (SSSR count). The first kappa shape index (κ1) is 10.4. The number of Topliss-reactive ketones (excluding diaryl/α,β-unsaturated/α-hetero) is 2. The maximum Gasteiger partial charge on any atom is 0.171 e. The van der Waals surface area contributed by atoms with Gasteiger partial charge in [-0.1, -0.05) is 18.2 Å². The van der Waals surface area contributed by atoms with Crippen LogP contribution in [-0.4, -0.2) is 11.6 Å². The molecule has 0 bridgehead atoms. The average molecular weight is 288 g/mol. The number of halogens is 1. The van der Waals surface area contributed by atoms with Gasteiger partial charge in [0.15, 0.2) is 5.78 Å². The van der Waals surface area contributed by atoms with Crippen LogP contribution in [0.1, 0.15) is 23.7 Å². The highest BCUT2D eigenvalue weighted by Gasteiger charge is 2.10. The molecule has 0 radical (unpaired) electrons. The highest BCUT2D eigenvalue weighted by atomic mass is 127. The molecule has 0 aliphatic carbocycles. The highest BCUT2D eigenvalue weighted by molar-refractivity contribution is 14.1. The minimum atomic E-state index is -0.0995. The molecule has 68 valence electrons. The molecule has 0 saturated heterocycles. The van der Waals surface area contributed by atoms with Gasteiger partial charge in [0.2, 0.25) is 0 Å². The molecule has 1 aromatic rings. The smallest absolute Gasteiger partial charge is 0.171 e.